The van der Waals surface area contributed by atoms with Crippen molar-refractivity contribution in [2.45, 2.75) is 89.8 Å². The van der Waals surface area contributed by atoms with E-state index in [0.717, 1.165) is 24.8 Å². The zero-order chi connectivity index (χ0) is 27.7. The molecule has 213 valence electrons. The molecule has 0 saturated carbocycles. The van der Waals surface area contributed by atoms with Crippen LogP contribution >= 0.6 is 0 Å². The predicted octanol–water partition coefficient (Wildman–Crippen LogP) is 3.05. The maximum Gasteiger partial charge on any atom is 0.225 e. The predicted molar refractivity (Wildman–Crippen MR) is 145 cm³/mol. The topological polar surface area (TPSA) is 91.3 Å². The third-order valence-electron chi connectivity index (χ3n) is 7.99. The van der Waals surface area contributed by atoms with Gasteiger partial charge in [-0.05, 0) is 39.8 Å². The van der Waals surface area contributed by atoms with Crippen molar-refractivity contribution in [2.24, 2.45) is 11.8 Å². The van der Waals surface area contributed by atoms with Gasteiger partial charge in [-0.1, -0.05) is 27.2 Å². The Bertz CT molecular complexity index is 843. The molecule has 3 unspecified atom stereocenters. The minimum atomic E-state index is -0.836. The molecule has 9 heteroatoms. The number of hydrogen-bond donors (Lipinski definition) is 2. The van der Waals surface area contributed by atoms with Crippen LogP contribution in [0.3, 0.4) is 0 Å². The SMILES string of the molecule is CCC(C)[C@@H](C(CC(=O)N1CCC[C@H]1[C@H](OC)[C@@H](C)C(=O)N[C@H](C)C(O)c1cc[c-]cc1)OC)N(C)C.[Y]. The summed E-state index contributed by atoms with van der Waals surface area (Å²) in [6.45, 7) is 8.59. The summed E-state index contributed by atoms with van der Waals surface area (Å²) < 4.78 is 11.7. The van der Waals surface area contributed by atoms with Crippen molar-refractivity contribution in [3.63, 3.8) is 0 Å². The molecular formula is C29H48N3O5Y-. The maximum atomic E-state index is 13.5. The van der Waals surface area contributed by atoms with Gasteiger partial charge in [0.05, 0.1) is 42.7 Å². The van der Waals surface area contributed by atoms with Crippen molar-refractivity contribution in [1.82, 2.24) is 15.1 Å². The molecule has 8 nitrogen and oxygen atoms in total. The first-order valence-electron chi connectivity index (χ1n) is 13.5. The van der Waals surface area contributed by atoms with E-state index in [1.54, 1.807) is 45.4 Å². The normalized spacial score (nSPS) is 21.1. The fourth-order valence-electron chi connectivity index (χ4n) is 5.69. The molecule has 1 radical (unpaired) electrons. The summed E-state index contributed by atoms with van der Waals surface area (Å²) in [5.74, 6) is -0.304. The van der Waals surface area contributed by atoms with E-state index in [-0.39, 0.29) is 69.1 Å². The van der Waals surface area contributed by atoms with Crippen molar-refractivity contribution >= 4 is 11.8 Å². The Morgan fingerprint density at radius 3 is 2.34 bits per heavy atom. The quantitative estimate of drug-likeness (QED) is 0.316. The van der Waals surface area contributed by atoms with Gasteiger partial charge in [0.1, 0.15) is 0 Å². The van der Waals surface area contributed by atoms with E-state index in [2.05, 4.69) is 30.1 Å². The van der Waals surface area contributed by atoms with Gasteiger partial charge in [-0.3, -0.25) is 9.59 Å². The van der Waals surface area contributed by atoms with Gasteiger partial charge in [-0.15, -0.1) is 5.56 Å². The van der Waals surface area contributed by atoms with Crippen LogP contribution in [0, 0.1) is 17.9 Å². The number of likely N-dealkylation sites (tertiary alicyclic amines) is 1. The van der Waals surface area contributed by atoms with Crippen LogP contribution in [0.2, 0.25) is 0 Å². The van der Waals surface area contributed by atoms with E-state index in [0.29, 0.717) is 12.5 Å². The van der Waals surface area contributed by atoms with Crippen molar-refractivity contribution < 1.29 is 56.9 Å². The number of methoxy groups -OCH3 is 2. The van der Waals surface area contributed by atoms with E-state index >= 15 is 0 Å². The first-order chi connectivity index (χ1) is 17.6. The van der Waals surface area contributed by atoms with E-state index in [1.165, 1.54) is 0 Å². The number of carbonyl (C=O) groups is 2. The first kappa shape index (κ1) is 35.1. The van der Waals surface area contributed by atoms with E-state index in [1.807, 2.05) is 25.9 Å². The van der Waals surface area contributed by atoms with Crippen molar-refractivity contribution in [1.29, 1.82) is 0 Å². The molecule has 0 bridgehead atoms. The first-order valence-corrected chi connectivity index (χ1v) is 13.5. The van der Waals surface area contributed by atoms with Crippen LogP contribution in [-0.4, -0.2) is 91.9 Å². The van der Waals surface area contributed by atoms with Crippen molar-refractivity contribution in [3.8, 4) is 0 Å². The number of nitrogens with one attached hydrogen (secondary N) is 1. The molecule has 2 amide bonds. The van der Waals surface area contributed by atoms with Gasteiger partial charge in [0.15, 0.2) is 0 Å². The summed E-state index contributed by atoms with van der Waals surface area (Å²) in [5.41, 5.74) is 0.719. The van der Waals surface area contributed by atoms with E-state index in [9.17, 15) is 14.7 Å². The Balaban J connectivity index is 0.00000722. The van der Waals surface area contributed by atoms with Gasteiger partial charge in [0.25, 0.3) is 0 Å². The molecule has 0 spiro atoms. The molecule has 38 heavy (non-hydrogen) atoms. The van der Waals surface area contributed by atoms with Crippen molar-refractivity contribution in [3.05, 3.63) is 35.9 Å². The third kappa shape index (κ3) is 9.07. The average molecular weight is 608 g/mol. The molecule has 0 aliphatic carbocycles. The molecule has 2 N–H and O–H groups in total. The second kappa shape index (κ2) is 17.0. The van der Waals surface area contributed by atoms with Gasteiger partial charge in [-0.25, -0.2) is 0 Å². The number of benzene rings is 1. The van der Waals surface area contributed by atoms with Gasteiger partial charge < -0.3 is 29.7 Å². The van der Waals surface area contributed by atoms with Crippen LogP contribution in [0.25, 0.3) is 0 Å². The van der Waals surface area contributed by atoms with Crippen molar-refractivity contribution in [2.75, 3.05) is 34.9 Å². The largest absolute Gasteiger partial charge is 0.388 e. The molecule has 1 aromatic carbocycles. The monoisotopic (exact) mass is 607 g/mol. The Hall–Kier alpha value is -0.896. The minimum absolute atomic E-state index is 0. The number of aliphatic hydroxyl groups is 1. The molecule has 1 fully saturated rings. The minimum Gasteiger partial charge on any atom is -0.388 e. The zero-order valence-corrected chi connectivity index (χ0v) is 27.4. The average Bonchev–Trinajstić information content (AvgIpc) is 3.37. The second-order valence-electron chi connectivity index (χ2n) is 10.7. The van der Waals surface area contributed by atoms with Gasteiger partial charge in [0, 0.05) is 59.5 Å². The molecule has 1 saturated heterocycles. The number of nitrogens with zero attached hydrogens (tertiary/aromatic N) is 2. The number of hydrogen-bond acceptors (Lipinski definition) is 6. The summed E-state index contributed by atoms with van der Waals surface area (Å²) in [6.07, 6.45) is 1.41. The number of carbonyl (C=O) groups excluding carboxylic acids is 2. The molecule has 0 aromatic heterocycles. The van der Waals surface area contributed by atoms with Crippen LogP contribution in [0.4, 0.5) is 0 Å². The van der Waals surface area contributed by atoms with Crippen LogP contribution in [0.1, 0.15) is 65.0 Å². The van der Waals surface area contributed by atoms with Crippen LogP contribution in [0.15, 0.2) is 24.3 Å². The molecular weight excluding hydrogens is 559 g/mol. The van der Waals surface area contributed by atoms with Crippen LogP contribution in [0.5, 0.6) is 0 Å². The summed E-state index contributed by atoms with van der Waals surface area (Å²) in [4.78, 5) is 30.7. The third-order valence-corrected chi connectivity index (χ3v) is 7.99. The molecule has 1 aliphatic rings. The Labute approximate surface area is 255 Å². The zero-order valence-electron chi connectivity index (χ0n) is 24.5. The Morgan fingerprint density at radius 2 is 1.82 bits per heavy atom. The van der Waals surface area contributed by atoms with Crippen LogP contribution < -0.4 is 5.32 Å². The molecule has 1 aliphatic heterocycles. The van der Waals surface area contributed by atoms with Crippen LogP contribution in [-0.2, 0) is 51.8 Å². The fourth-order valence-corrected chi connectivity index (χ4v) is 5.69. The molecule has 1 heterocycles. The Morgan fingerprint density at radius 1 is 1.18 bits per heavy atom. The van der Waals surface area contributed by atoms with E-state index in [4.69, 9.17) is 9.47 Å². The fraction of sp³-hybridized carbons (Fsp3) is 0.724. The van der Waals surface area contributed by atoms with Gasteiger partial charge in [-0.2, -0.15) is 30.3 Å². The summed E-state index contributed by atoms with van der Waals surface area (Å²) in [7, 11) is 7.33. The maximum absolute atomic E-state index is 13.5. The number of rotatable bonds is 14. The molecule has 2 rings (SSSR count). The summed E-state index contributed by atoms with van der Waals surface area (Å²) in [6, 6.07) is 9.42. The Kier molecular flexibility index (Phi) is 15.7. The summed E-state index contributed by atoms with van der Waals surface area (Å²) in [5, 5.41) is 13.6. The second-order valence-corrected chi connectivity index (χ2v) is 10.7. The number of aliphatic hydroxyl groups excluding tert-OH is 1. The van der Waals surface area contributed by atoms with Gasteiger partial charge in [0.2, 0.25) is 11.8 Å². The summed E-state index contributed by atoms with van der Waals surface area (Å²) >= 11 is 0. The standard InChI is InChI=1S/C29H48N3O5.Y/c1-9-19(2)26(31(5)6)24(36-7)18-25(33)32-17-13-16-23(32)28(37-8)20(3)29(35)30-21(4)27(34)22-14-11-10-12-15-22;/h11-12,14-15,19-21,23-24,26-28,34H,9,13,16-18H2,1-8H3,(H,30,35);/q-1;/t19?,20-,21-,23+,24?,26+,27?,28-;/m1./s1. The number of amides is 2. The smallest absolute Gasteiger partial charge is 0.225 e. The number of ether oxygens (including phenoxy) is 2. The van der Waals surface area contributed by atoms with E-state index < -0.39 is 24.2 Å². The molecule has 1 aromatic rings. The molecule has 8 atom stereocenters. The van der Waals surface area contributed by atoms with Gasteiger partial charge >= 0.3 is 0 Å². The number of likely N-dealkylation sites (N-methyl/N-ethyl adjacent to an activating group) is 1.